The van der Waals surface area contributed by atoms with Crippen LogP contribution in [0.15, 0.2) is 29.7 Å². The monoisotopic (exact) mass is 371 g/mol. The van der Waals surface area contributed by atoms with Gasteiger partial charge in [0.1, 0.15) is 0 Å². The van der Waals surface area contributed by atoms with Crippen LogP contribution in [0.1, 0.15) is 39.2 Å². The first-order valence-corrected chi connectivity index (χ1v) is 10.4. The first-order valence-electron chi connectivity index (χ1n) is 9.37. The van der Waals surface area contributed by atoms with Crippen LogP contribution in [0, 0.1) is 11.8 Å². The van der Waals surface area contributed by atoms with Gasteiger partial charge in [-0.2, -0.15) is 0 Å². The minimum atomic E-state index is 0.212. The van der Waals surface area contributed by atoms with Gasteiger partial charge in [0, 0.05) is 37.1 Å². The first kappa shape index (κ1) is 17.5. The third-order valence-corrected chi connectivity index (χ3v) is 5.99. The average molecular weight is 372 g/mol. The third kappa shape index (κ3) is 3.77. The van der Waals surface area contributed by atoms with Gasteiger partial charge in [-0.25, -0.2) is 0 Å². The van der Waals surface area contributed by atoms with Gasteiger partial charge in [0.15, 0.2) is 11.0 Å². The van der Waals surface area contributed by atoms with E-state index in [1.807, 2.05) is 17.0 Å². The van der Waals surface area contributed by atoms with Gasteiger partial charge in [0.25, 0.3) is 0 Å². The second-order valence-corrected chi connectivity index (χ2v) is 8.62. The number of rotatable bonds is 5. The quantitative estimate of drug-likeness (QED) is 0.755. The van der Waals surface area contributed by atoms with Crippen LogP contribution in [0.2, 0.25) is 0 Å². The molecule has 2 fully saturated rings. The molecule has 2 aromatic rings. The minimum Gasteiger partial charge on any atom is -0.341 e. The van der Waals surface area contributed by atoms with Crippen molar-refractivity contribution in [1.29, 1.82) is 0 Å². The van der Waals surface area contributed by atoms with Gasteiger partial charge in [-0.3, -0.25) is 14.3 Å². The molecule has 138 valence electrons. The molecule has 1 saturated heterocycles. The third-order valence-electron chi connectivity index (χ3n) is 5.06. The molecule has 0 N–H and O–H groups in total. The maximum Gasteiger partial charge on any atom is 0.233 e. The van der Waals surface area contributed by atoms with E-state index in [1.54, 1.807) is 12.4 Å². The molecule has 1 aliphatic heterocycles. The van der Waals surface area contributed by atoms with E-state index in [1.165, 1.54) is 18.2 Å². The highest BCUT2D eigenvalue weighted by molar-refractivity contribution is 7.99. The Morgan fingerprint density at radius 1 is 1.15 bits per heavy atom. The summed E-state index contributed by atoms with van der Waals surface area (Å²) in [5, 5.41) is 9.64. The summed E-state index contributed by atoms with van der Waals surface area (Å²) in [5.41, 5.74) is 1.02. The zero-order valence-corrected chi connectivity index (χ0v) is 16.2. The molecule has 26 heavy (non-hydrogen) atoms. The molecule has 0 unspecified atom stereocenters. The fraction of sp³-hybridized carbons (Fsp3) is 0.579. The fourth-order valence-electron chi connectivity index (χ4n) is 3.82. The number of hydrogen-bond acceptors (Lipinski definition) is 5. The van der Waals surface area contributed by atoms with Crippen molar-refractivity contribution < 1.29 is 4.79 Å². The molecule has 2 atom stereocenters. The molecule has 0 aromatic carbocycles. The van der Waals surface area contributed by atoms with Crippen LogP contribution < -0.4 is 0 Å². The van der Waals surface area contributed by atoms with E-state index in [0.717, 1.165) is 42.5 Å². The van der Waals surface area contributed by atoms with Gasteiger partial charge in [0.2, 0.25) is 5.91 Å². The number of carbonyl (C=O) groups is 1. The second kappa shape index (κ2) is 7.39. The standard InChI is InChI=1S/C19H25N5OS/c1-13-9-14(2)11-23(10-13)17(25)12-26-19-22-21-18(24(19)16-3-4-16)15-5-7-20-8-6-15/h5-8,13-14,16H,3-4,9-12H2,1-2H3/t13-,14-/m1/s1. The molecule has 6 nitrogen and oxygen atoms in total. The van der Waals surface area contributed by atoms with Crippen LogP contribution in [0.4, 0.5) is 0 Å². The Balaban J connectivity index is 1.47. The molecule has 2 aliphatic rings. The molecule has 2 aromatic heterocycles. The number of hydrogen-bond donors (Lipinski definition) is 0. The Morgan fingerprint density at radius 2 is 1.85 bits per heavy atom. The Bertz CT molecular complexity index is 763. The van der Waals surface area contributed by atoms with Crippen molar-refractivity contribution in [1.82, 2.24) is 24.6 Å². The van der Waals surface area contributed by atoms with Crippen LogP contribution in [0.3, 0.4) is 0 Å². The summed E-state index contributed by atoms with van der Waals surface area (Å²) in [6.45, 7) is 6.21. The van der Waals surface area contributed by atoms with Gasteiger partial charge in [-0.1, -0.05) is 25.6 Å². The van der Waals surface area contributed by atoms with E-state index >= 15 is 0 Å². The lowest BCUT2D eigenvalue weighted by Gasteiger charge is -2.35. The summed E-state index contributed by atoms with van der Waals surface area (Å²) in [7, 11) is 0. The lowest BCUT2D eigenvalue weighted by molar-refractivity contribution is -0.130. The molecule has 0 radical (unpaired) electrons. The van der Waals surface area contributed by atoms with E-state index in [4.69, 9.17) is 0 Å². The molecule has 1 saturated carbocycles. The molecule has 7 heteroatoms. The fourth-order valence-corrected chi connectivity index (χ4v) is 4.73. The lowest BCUT2D eigenvalue weighted by Crippen LogP contribution is -2.43. The van der Waals surface area contributed by atoms with Crippen LogP contribution in [0.25, 0.3) is 11.4 Å². The number of thioether (sulfide) groups is 1. The number of amides is 1. The van der Waals surface area contributed by atoms with Crippen molar-refractivity contribution in [3.8, 4) is 11.4 Å². The van der Waals surface area contributed by atoms with Crippen molar-refractivity contribution >= 4 is 17.7 Å². The first-order chi connectivity index (χ1) is 12.6. The summed E-state index contributed by atoms with van der Waals surface area (Å²) in [6.07, 6.45) is 7.06. The predicted octanol–water partition coefficient (Wildman–Crippen LogP) is 3.27. The summed E-state index contributed by atoms with van der Waals surface area (Å²) < 4.78 is 2.20. The minimum absolute atomic E-state index is 0.212. The summed E-state index contributed by atoms with van der Waals surface area (Å²) in [6, 6.07) is 4.37. The molecule has 1 aliphatic carbocycles. The largest absolute Gasteiger partial charge is 0.341 e. The van der Waals surface area contributed by atoms with Crippen LogP contribution >= 0.6 is 11.8 Å². The van der Waals surface area contributed by atoms with Crippen molar-refractivity contribution in [2.45, 2.75) is 44.3 Å². The summed E-state index contributed by atoms with van der Waals surface area (Å²) in [5.74, 6) is 2.69. The Labute approximate surface area is 158 Å². The lowest BCUT2D eigenvalue weighted by atomic mass is 9.92. The topological polar surface area (TPSA) is 63.9 Å². The van der Waals surface area contributed by atoms with E-state index in [-0.39, 0.29) is 5.91 Å². The second-order valence-electron chi connectivity index (χ2n) is 7.68. The van der Waals surface area contributed by atoms with Crippen molar-refractivity contribution in [3.63, 3.8) is 0 Å². The van der Waals surface area contributed by atoms with E-state index in [9.17, 15) is 4.79 Å². The molecule has 3 heterocycles. The number of likely N-dealkylation sites (tertiary alicyclic amines) is 1. The highest BCUT2D eigenvalue weighted by atomic mass is 32.2. The molecule has 1 amide bonds. The number of nitrogens with zero attached hydrogens (tertiary/aromatic N) is 5. The highest BCUT2D eigenvalue weighted by Crippen LogP contribution is 2.41. The van der Waals surface area contributed by atoms with E-state index in [2.05, 4.69) is 33.6 Å². The Morgan fingerprint density at radius 3 is 2.50 bits per heavy atom. The SMILES string of the molecule is C[C@@H]1C[C@@H](C)CN(C(=O)CSc2nnc(-c3ccncc3)n2C2CC2)C1. The van der Waals surface area contributed by atoms with Crippen LogP contribution in [-0.4, -0.2) is 49.4 Å². The Kier molecular flexibility index (Phi) is 4.98. The predicted molar refractivity (Wildman–Crippen MR) is 102 cm³/mol. The summed E-state index contributed by atoms with van der Waals surface area (Å²) in [4.78, 5) is 18.8. The molecule has 0 bridgehead atoms. The van der Waals surface area contributed by atoms with Crippen LogP contribution in [0.5, 0.6) is 0 Å². The highest BCUT2D eigenvalue weighted by Gasteiger charge is 2.31. The van der Waals surface area contributed by atoms with Crippen LogP contribution in [-0.2, 0) is 4.79 Å². The Hall–Kier alpha value is -1.89. The van der Waals surface area contributed by atoms with E-state index in [0.29, 0.717) is 23.6 Å². The maximum atomic E-state index is 12.7. The van der Waals surface area contributed by atoms with Gasteiger partial charge >= 0.3 is 0 Å². The van der Waals surface area contributed by atoms with Gasteiger partial charge in [0.05, 0.1) is 5.75 Å². The van der Waals surface area contributed by atoms with E-state index < -0.39 is 0 Å². The number of pyridine rings is 1. The molecule has 0 spiro atoms. The summed E-state index contributed by atoms with van der Waals surface area (Å²) >= 11 is 1.52. The number of aromatic nitrogens is 4. The molecule has 4 rings (SSSR count). The normalized spacial score (nSPS) is 23.2. The number of piperidine rings is 1. The van der Waals surface area contributed by atoms with Crippen molar-refractivity contribution in [3.05, 3.63) is 24.5 Å². The molecular weight excluding hydrogens is 346 g/mol. The van der Waals surface area contributed by atoms with Gasteiger partial charge in [-0.15, -0.1) is 10.2 Å². The van der Waals surface area contributed by atoms with Gasteiger partial charge < -0.3 is 4.90 Å². The van der Waals surface area contributed by atoms with Crippen molar-refractivity contribution in [2.75, 3.05) is 18.8 Å². The maximum absolute atomic E-state index is 12.7. The number of carbonyl (C=O) groups excluding carboxylic acids is 1. The van der Waals surface area contributed by atoms with Crippen molar-refractivity contribution in [2.24, 2.45) is 11.8 Å². The molecular formula is C19H25N5OS. The zero-order chi connectivity index (χ0) is 18.1. The van der Waals surface area contributed by atoms with Gasteiger partial charge in [-0.05, 0) is 43.2 Å². The average Bonchev–Trinajstić information content (AvgIpc) is 3.38. The zero-order valence-electron chi connectivity index (χ0n) is 15.3. The smallest absolute Gasteiger partial charge is 0.233 e.